The van der Waals surface area contributed by atoms with E-state index in [2.05, 4.69) is 0 Å². The van der Waals surface area contributed by atoms with E-state index in [-0.39, 0.29) is 11.5 Å². The lowest BCUT2D eigenvalue weighted by Gasteiger charge is -2.04. The molecule has 1 aromatic carbocycles. The molecule has 0 saturated carbocycles. The average Bonchev–Trinajstić information content (AvgIpc) is 2.75. The lowest BCUT2D eigenvalue weighted by molar-refractivity contribution is 0.0688. The second-order valence-corrected chi connectivity index (χ2v) is 3.68. The molecule has 0 unspecified atom stereocenters. The van der Waals surface area contributed by atoms with Crippen molar-refractivity contribution in [1.82, 2.24) is 4.57 Å². The van der Waals surface area contributed by atoms with Gasteiger partial charge >= 0.3 is 5.97 Å². The molecule has 2 aromatic rings. The number of rotatable bonds is 3. The molecule has 0 fully saturated rings. The molecule has 0 aliphatic rings. The Morgan fingerprint density at radius 3 is 2.35 bits per heavy atom. The lowest BCUT2D eigenvalue weighted by Crippen LogP contribution is -2.05. The van der Waals surface area contributed by atoms with Crippen LogP contribution in [0.15, 0.2) is 42.6 Å². The van der Waals surface area contributed by atoms with Crippen molar-refractivity contribution in [2.75, 3.05) is 0 Å². The van der Waals surface area contributed by atoms with Gasteiger partial charge in [0.25, 0.3) is 0 Å². The van der Waals surface area contributed by atoms with Gasteiger partial charge < -0.3 is 9.67 Å². The lowest BCUT2D eigenvalue weighted by atomic mass is 10.2. The maximum atomic E-state index is 11.3. The second kappa shape index (κ2) is 4.25. The van der Waals surface area contributed by atoms with Gasteiger partial charge in [0, 0.05) is 17.4 Å². The number of nitrogens with zero attached hydrogens (tertiary/aromatic N) is 1. The molecule has 0 bridgehead atoms. The zero-order chi connectivity index (χ0) is 12.4. The third kappa shape index (κ3) is 2.10. The molecule has 1 heterocycles. The number of aromatic carboxylic acids is 1. The number of carbonyl (C=O) groups excluding carboxylic acids is 1. The van der Waals surface area contributed by atoms with Gasteiger partial charge in [-0.1, -0.05) is 18.2 Å². The zero-order valence-electron chi connectivity index (χ0n) is 9.25. The number of carboxylic acids is 1. The third-order valence-corrected chi connectivity index (χ3v) is 2.48. The van der Waals surface area contributed by atoms with Crippen molar-refractivity contribution in [1.29, 1.82) is 0 Å². The fraction of sp³-hybridized carbons (Fsp3) is 0.0769. The number of Topliss-reactive ketones (excluding diaryl/α,β-unsaturated/α-hetero) is 1. The smallest absolute Gasteiger partial charge is 0.352 e. The standard InChI is InChI=1S/C13H11NO3/c1-9(15)10-7-12(13(16)17)14(8-10)11-5-3-2-4-6-11/h2-8H,1H3,(H,16,17). The molecule has 0 spiro atoms. The predicted molar refractivity (Wildman–Crippen MR) is 62.7 cm³/mol. The van der Waals surface area contributed by atoms with Crippen LogP contribution in [-0.2, 0) is 0 Å². The van der Waals surface area contributed by atoms with E-state index in [0.717, 1.165) is 5.69 Å². The summed E-state index contributed by atoms with van der Waals surface area (Å²) in [6, 6.07) is 10.4. The maximum Gasteiger partial charge on any atom is 0.352 e. The Morgan fingerprint density at radius 1 is 1.18 bits per heavy atom. The molecule has 17 heavy (non-hydrogen) atoms. The molecular formula is C13H11NO3. The summed E-state index contributed by atoms with van der Waals surface area (Å²) in [5.41, 5.74) is 1.20. The number of hydrogen-bond acceptors (Lipinski definition) is 2. The van der Waals surface area contributed by atoms with Crippen molar-refractivity contribution >= 4 is 11.8 Å². The molecule has 0 radical (unpaired) electrons. The van der Waals surface area contributed by atoms with E-state index in [1.807, 2.05) is 18.2 Å². The van der Waals surface area contributed by atoms with Gasteiger partial charge in [0.05, 0.1) is 0 Å². The Kier molecular flexibility index (Phi) is 2.78. The second-order valence-electron chi connectivity index (χ2n) is 3.68. The molecule has 0 aliphatic carbocycles. The van der Waals surface area contributed by atoms with Gasteiger partial charge in [-0.05, 0) is 25.1 Å². The van der Waals surface area contributed by atoms with Crippen LogP contribution in [0.25, 0.3) is 5.69 Å². The minimum atomic E-state index is -1.05. The van der Waals surface area contributed by atoms with E-state index in [9.17, 15) is 9.59 Å². The Balaban J connectivity index is 2.60. The van der Waals surface area contributed by atoms with Crippen LogP contribution in [-0.4, -0.2) is 21.4 Å². The minimum Gasteiger partial charge on any atom is -0.477 e. The number of carboxylic acid groups (broad SMARTS) is 1. The minimum absolute atomic E-state index is 0.0846. The Hall–Kier alpha value is -2.36. The van der Waals surface area contributed by atoms with E-state index in [1.54, 1.807) is 18.3 Å². The number of para-hydroxylation sites is 1. The maximum absolute atomic E-state index is 11.3. The van der Waals surface area contributed by atoms with Crippen LogP contribution < -0.4 is 0 Å². The topological polar surface area (TPSA) is 59.3 Å². The van der Waals surface area contributed by atoms with E-state index in [4.69, 9.17) is 5.11 Å². The highest BCUT2D eigenvalue weighted by Gasteiger charge is 2.15. The first kappa shape index (κ1) is 11.1. The van der Waals surface area contributed by atoms with Crippen molar-refractivity contribution in [3.63, 3.8) is 0 Å². The van der Waals surface area contributed by atoms with Crippen molar-refractivity contribution in [3.05, 3.63) is 53.9 Å². The molecule has 0 aliphatic heterocycles. The first-order chi connectivity index (χ1) is 8.09. The van der Waals surface area contributed by atoms with Crippen molar-refractivity contribution in [2.45, 2.75) is 6.92 Å². The van der Waals surface area contributed by atoms with Crippen molar-refractivity contribution < 1.29 is 14.7 Å². The summed E-state index contributed by atoms with van der Waals surface area (Å²) in [5, 5.41) is 9.09. The van der Waals surface area contributed by atoms with Gasteiger partial charge in [0.15, 0.2) is 5.78 Å². The zero-order valence-corrected chi connectivity index (χ0v) is 9.25. The summed E-state index contributed by atoms with van der Waals surface area (Å²) in [5.74, 6) is -1.21. The molecular weight excluding hydrogens is 218 g/mol. The van der Waals surface area contributed by atoms with Gasteiger partial charge in [-0.2, -0.15) is 0 Å². The van der Waals surface area contributed by atoms with Crippen LogP contribution in [0.2, 0.25) is 0 Å². The predicted octanol–water partition coefficient (Wildman–Crippen LogP) is 2.38. The molecule has 0 atom stereocenters. The summed E-state index contributed by atoms with van der Waals surface area (Å²) in [6.07, 6.45) is 1.54. The van der Waals surface area contributed by atoms with Gasteiger partial charge in [0.2, 0.25) is 0 Å². The summed E-state index contributed by atoms with van der Waals surface area (Å²) < 4.78 is 1.50. The molecule has 0 saturated heterocycles. The number of ketones is 1. The van der Waals surface area contributed by atoms with E-state index in [0.29, 0.717) is 5.56 Å². The van der Waals surface area contributed by atoms with Gasteiger partial charge in [0.1, 0.15) is 5.69 Å². The van der Waals surface area contributed by atoms with E-state index >= 15 is 0 Å². The summed E-state index contributed by atoms with van der Waals surface area (Å²) in [6.45, 7) is 1.41. The fourth-order valence-corrected chi connectivity index (χ4v) is 1.62. The molecule has 4 heteroatoms. The summed E-state index contributed by atoms with van der Waals surface area (Å²) in [4.78, 5) is 22.4. The number of benzene rings is 1. The highest BCUT2D eigenvalue weighted by molar-refractivity contribution is 5.97. The average molecular weight is 229 g/mol. The van der Waals surface area contributed by atoms with E-state index < -0.39 is 5.97 Å². The molecule has 2 rings (SSSR count). The summed E-state index contributed by atoms with van der Waals surface area (Å²) >= 11 is 0. The van der Waals surface area contributed by atoms with Gasteiger partial charge in [-0.25, -0.2) is 4.79 Å². The molecule has 1 aromatic heterocycles. The quantitative estimate of drug-likeness (QED) is 0.822. The van der Waals surface area contributed by atoms with E-state index in [1.165, 1.54) is 17.6 Å². The molecule has 86 valence electrons. The number of carbonyl (C=O) groups is 2. The van der Waals surface area contributed by atoms with Gasteiger partial charge in [-0.3, -0.25) is 4.79 Å². The Labute approximate surface area is 98.1 Å². The first-order valence-corrected chi connectivity index (χ1v) is 5.11. The number of hydrogen-bond donors (Lipinski definition) is 1. The molecule has 1 N–H and O–H groups in total. The van der Waals surface area contributed by atoms with Crippen LogP contribution >= 0.6 is 0 Å². The summed E-state index contributed by atoms with van der Waals surface area (Å²) in [7, 11) is 0. The Morgan fingerprint density at radius 2 is 1.82 bits per heavy atom. The fourth-order valence-electron chi connectivity index (χ4n) is 1.62. The molecule has 4 nitrogen and oxygen atoms in total. The normalized spacial score (nSPS) is 10.2. The van der Waals surface area contributed by atoms with Crippen LogP contribution in [0.4, 0.5) is 0 Å². The van der Waals surface area contributed by atoms with Crippen LogP contribution in [0.5, 0.6) is 0 Å². The number of aromatic nitrogens is 1. The Bertz CT molecular complexity index is 570. The van der Waals surface area contributed by atoms with Crippen LogP contribution in [0.1, 0.15) is 27.8 Å². The highest BCUT2D eigenvalue weighted by Crippen LogP contribution is 2.16. The van der Waals surface area contributed by atoms with Crippen molar-refractivity contribution in [3.8, 4) is 5.69 Å². The first-order valence-electron chi connectivity index (χ1n) is 5.11. The SMILES string of the molecule is CC(=O)c1cc(C(=O)O)n(-c2ccccc2)c1. The monoisotopic (exact) mass is 229 g/mol. The van der Waals surface area contributed by atoms with Crippen LogP contribution in [0.3, 0.4) is 0 Å². The highest BCUT2D eigenvalue weighted by atomic mass is 16.4. The van der Waals surface area contributed by atoms with Gasteiger partial charge in [-0.15, -0.1) is 0 Å². The van der Waals surface area contributed by atoms with Crippen LogP contribution in [0, 0.1) is 0 Å². The largest absolute Gasteiger partial charge is 0.477 e. The van der Waals surface area contributed by atoms with Crippen molar-refractivity contribution in [2.24, 2.45) is 0 Å². The molecule has 0 amide bonds. The third-order valence-electron chi connectivity index (χ3n) is 2.48.